The zero-order valence-corrected chi connectivity index (χ0v) is 17.2. The fraction of sp³-hybridized carbons (Fsp3) is 0.292. The predicted molar refractivity (Wildman–Crippen MR) is 116 cm³/mol. The van der Waals surface area contributed by atoms with E-state index in [9.17, 15) is 14.4 Å². The molecule has 1 aliphatic rings. The molecule has 3 aromatic rings. The fourth-order valence-corrected chi connectivity index (χ4v) is 4.48. The van der Waals surface area contributed by atoms with Crippen molar-refractivity contribution < 1.29 is 4.79 Å². The Hall–Kier alpha value is -3.41. The molecular formula is C24H25N3O3. The third kappa shape index (κ3) is 3.28. The Morgan fingerprint density at radius 1 is 0.867 bits per heavy atom. The van der Waals surface area contributed by atoms with E-state index in [0.29, 0.717) is 13.1 Å². The zero-order chi connectivity index (χ0) is 21.3. The molecule has 1 aromatic heterocycles. The average Bonchev–Trinajstić information content (AvgIpc) is 2.80. The first-order valence-electron chi connectivity index (χ1n) is 10.1. The van der Waals surface area contributed by atoms with Crippen LogP contribution >= 0.6 is 0 Å². The molecule has 1 saturated heterocycles. The molecule has 0 spiro atoms. The summed E-state index contributed by atoms with van der Waals surface area (Å²) < 4.78 is 2.26. The number of carbonyl (C=O) groups excluding carboxylic acids is 1. The van der Waals surface area contributed by atoms with Crippen molar-refractivity contribution in [3.63, 3.8) is 0 Å². The standard InChI is InChI=1S/C24H25N3O3/c1-25-20(16-21(28)26(2)23(25)30)22(29)27-15-9-14-24(17-27,18-10-5-3-6-11-18)19-12-7-4-8-13-19/h3-8,10-13,16H,9,14-15,17H2,1-2H3. The molecule has 30 heavy (non-hydrogen) atoms. The molecule has 0 radical (unpaired) electrons. The van der Waals surface area contributed by atoms with Gasteiger partial charge in [-0.2, -0.15) is 0 Å². The molecule has 2 aromatic carbocycles. The van der Waals surface area contributed by atoms with Crippen LogP contribution in [0.25, 0.3) is 0 Å². The van der Waals surface area contributed by atoms with Crippen LogP contribution < -0.4 is 11.2 Å². The van der Waals surface area contributed by atoms with Crippen molar-refractivity contribution in [3.8, 4) is 0 Å². The van der Waals surface area contributed by atoms with Gasteiger partial charge in [-0.1, -0.05) is 60.7 Å². The Morgan fingerprint density at radius 2 is 1.43 bits per heavy atom. The van der Waals surface area contributed by atoms with Gasteiger partial charge in [0.15, 0.2) is 0 Å². The van der Waals surface area contributed by atoms with Gasteiger partial charge in [-0.25, -0.2) is 4.79 Å². The lowest BCUT2D eigenvalue weighted by atomic mass is 9.69. The maximum Gasteiger partial charge on any atom is 0.331 e. The topological polar surface area (TPSA) is 64.3 Å². The second-order valence-corrected chi connectivity index (χ2v) is 7.91. The molecule has 0 unspecified atom stereocenters. The summed E-state index contributed by atoms with van der Waals surface area (Å²) in [4.78, 5) is 39.7. The number of benzene rings is 2. The van der Waals surface area contributed by atoms with Crippen LogP contribution in [0.4, 0.5) is 0 Å². The molecular weight excluding hydrogens is 378 g/mol. The van der Waals surface area contributed by atoms with E-state index in [0.717, 1.165) is 28.5 Å². The van der Waals surface area contributed by atoms with Crippen molar-refractivity contribution >= 4 is 5.91 Å². The summed E-state index contributed by atoms with van der Waals surface area (Å²) in [6, 6.07) is 21.7. The highest BCUT2D eigenvalue weighted by molar-refractivity contribution is 5.92. The largest absolute Gasteiger partial charge is 0.336 e. The first-order valence-corrected chi connectivity index (χ1v) is 10.1. The van der Waals surface area contributed by atoms with Crippen molar-refractivity contribution in [2.24, 2.45) is 14.1 Å². The molecule has 1 fully saturated rings. The van der Waals surface area contributed by atoms with E-state index in [1.54, 1.807) is 4.90 Å². The van der Waals surface area contributed by atoms with Crippen molar-refractivity contribution in [3.05, 3.63) is 104 Å². The van der Waals surface area contributed by atoms with Crippen molar-refractivity contribution in [2.45, 2.75) is 18.3 Å². The van der Waals surface area contributed by atoms with Gasteiger partial charge in [0.25, 0.3) is 11.5 Å². The zero-order valence-electron chi connectivity index (χ0n) is 17.2. The predicted octanol–water partition coefficient (Wildman–Crippen LogP) is 2.31. The van der Waals surface area contributed by atoms with E-state index in [2.05, 4.69) is 24.3 Å². The van der Waals surface area contributed by atoms with Crippen molar-refractivity contribution in [2.75, 3.05) is 13.1 Å². The second kappa shape index (κ2) is 7.78. The minimum absolute atomic E-state index is 0.125. The summed E-state index contributed by atoms with van der Waals surface area (Å²) in [6.07, 6.45) is 1.74. The number of aromatic nitrogens is 2. The Morgan fingerprint density at radius 3 is 2.00 bits per heavy atom. The summed E-state index contributed by atoms with van der Waals surface area (Å²) in [5.41, 5.74) is 1.13. The van der Waals surface area contributed by atoms with Crippen molar-refractivity contribution in [1.29, 1.82) is 0 Å². The fourth-order valence-electron chi connectivity index (χ4n) is 4.48. The molecule has 1 aliphatic heterocycles. The van der Waals surface area contributed by atoms with Crippen LogP contribution in [0.15, 0.2) is 76.3 Å². The number of hydrogen-bond acceptors (Lipinski definition) is 3. The van der Waals surface area contributed by atoms with Crippen LogP contribution in [0.2, 0.25) is 0 Å². The molecule has 0 bridgehead atoms. The highest BCUT2D eigenvalue weighted by atomic mass is 16.2. The molecule has 0 atom stereocenters. The van der Waals surface area contributed by atoms with Crippen LogP contribution in [0.3, 0.4) is 0 Å². The number of piperidine rings is 1. The summed E-state index contributed by atoms with van der Waals surface area (Å²) in [6.45, 7) is 1.08. The lowest BCUT2D eigenvalue weighted by molar-refractivity contribution is 0.0654. The highest BCUT2D eigenvalue weighted by Gasteiger charge is 2.40. The SMILES string of the molecule is Cn1c(C(=O)N2CCCC(c3ccccc3)(c3ccccc3)C2)cc(=O)n(C)c1=O. The number of rotatable bonds is 3. The molecule has 1 amide bonds. The van der Waals surface area contributed by atoms with Crippen LogP contribution in [0, 0.1) is 0 Å². The van der Waals surface area contributed by atoms with E-state index < -0.39 is 11.2 Å². The summed E-state index contributed by atoms with van der Waals surface area (Å²) in [7, 11) is 2.94. The monoisotopic (exact) mass is 403 g/mol. The minimum atomic E-state index is -0.500. The smallest absolute Gasteiger partial charge is 0.331 e. The van der Waals surface area contributed by atoms with Gasteiger partial charge in [0.2, 0.25) is 0 Å². The van der Waals surface area contributed by atoms with Gasteiger partial charge in [-0.3, -0.25) is 18.7 Å². The number of amides is 1. The Balaban J connectivity index is 1.78. The highest BCUT2D eigenvalue weighted by Crippen LogP contribution is 2.40. The first-order chi connectivity index (χ1) is 14.4. The van der Waals surface area contributed by atoms with E-state index in [-0.39, 0.29) is 17.0 Å². The Bertz CT molecular complexity index is 1140. The van der Waals surface area contributed by atoms with Crippen molar-refractivity contribution in [1.82, 2.24) is 14.0 Å². The van der Waals surface area contributed by atoms with Crippen LogP contribution in [0.5, 0.6) is 0 Å². The van der Waals surface area contributed by atoms with Crippen LogP contribution in [-0.4, -0.2) is 33.0 Å². The van der Waals surface area contributed by atoms with E-state index >= 15 is 0 Å². The third-order valence-corrected chi connectivity index (χ3v) is 6.18. The van der Waals surface area contributed by atoms with E-state index in [1.807, 2.05) is 36.4 Å². The number of likely N-dealkylation sites (tertiary alicyclic amines) is 1. The van der Waals surface area contributed by atoms with Gasteiger partial charge < -0.3 is 4.90 Å². The van der Waals surface area contributed by atoms with Gasteiger partial charge in [-0.05, 0) is 24.0 Å². The molecule has 0 aliphatic carbocycles. The summed E-state index contributed by atoms with van der Waals surface area (Å²) >= 11 is 0. The molecule has 2 heterocycles. The normalized spacial score (nSPS) is 15.7. The second-order valence-electron chi connectivity index (χ2n) is 7.91. The maximum absolute atomic E-state index is 13.4. The molecule has 0 N–H and O–H groups in total. The average molecular weight is 403 g/mol. The Labute approximate surface area is 175 Å². The van der Waals surface area contributed by atoms with Gasteiger partial charge in [0, 0.05) is 38.7 Å². The van der Waals surface area contributed by atoms with Crippen LogP contribution in [-0.2, 0) is 19.5 Å². The molecule has 4 rings (SSSR count). The number of carbonyl (C=O) groups is 1. The summed E-state index contributed by atoms with van der Waals surface area (Å²) in [5, 5.41) is 0. The first kappa shape index (κ1) is 19.9. The molecule has 0 saturated carbocycles. The third-order valence-electron chi connectivity index (χ3n) is 6.18. The molecule has 6 heteroatoms. The number of hydrogen-bond donors (Lipinski definition) is 0. The maximum atomic E-state index is 13.4. The minimum Gasteiger partial charge on any atom is -0.336 e. The van der Waals surface area contributed by atoms with Gasteiger partial charge in [0.1, 0.15) is 5.69 Å². The lowest BCUT2D eigenvalue weighted by Crippen LogP contribution is -2.50. The lowest BCUT2D eigenvalue weighted by Gasteiger charge is -2.44. The Kier molecular flexibility index (Phi) is 5.16. The summed E-state index contributed by atoms with van der Waals surface area (Å²) in [5.74, 6) is -0.289. The van der Waals surface area contributed by atoms with Gasteiger partial charge >= 0.3 is 5.69 Å². The molecule has 6 nitrogen and oxygen atoms in total. The number of nitrogens with zero attached hydrogens (tertiary/aromatic N) is 3. The van der Waals surface area contributed by atoms with E-state index in [1.165, 1.54) is 24.7 Å². The van der Waals surface area contributed by atoms with E-state index in [4.69, 9.17) is 0 Å². The van der Waals surface area contributed by atoms with Gasteiger partial charge in [0.05, 0.1) is 0 Å². The van der Waals surface area contributed by atoms with Gasteiger partial charge in [-0.15, -0.1) is 0 Å². The quantitative estimate of drug-likeness (QED) is 0.674. The van der Waals surface area contributed by atoms with Crippen LogP contribution in [0.1, 0.15) is 34.5 Å². The molecule has 154 valence electrons.